The zero-order valence-electron chi connectivity index (χ0n) is 10.5. The van der Waals surface area contributed by atoms with Crippen LogP contribution in [0.15, 0.2) is 41.8 Å². The van der Waals surface area contributed by atoms with Gasteiger partial charge in [-0.3, -0.25) is 14.9 Å². The summed E-state index contributed by atoms with van der Waals surface area (Å²) < 4.78 is 0. The summed E-state index contributed by atoms with van der Waals surface area (Å²) in [5.41, 5.74) is 0.0548. The van der Waals surface area contributed by atoms with Crippen LogP contribution < -0.4 is 5.32 Å². The summed E-state index contributed by atoms with van der Waals surface area (Å²) >= 11 is 6.86. The van der Waals surface area contributed by atoms with Gasteiger partial charge in [0.1, 0.15) is 5.02 Å². The summed E-state index contributed by atoms with van der Waals surface area (Å²) in [4.78, 5) is 29.9. The second-order valence-corrected chi connectivity index (χ2v) is 5.14. The summed E-state index contributed by atoms with van der Waals surface area (Å²) in [5.74, 6) is -0.218. The largest absolute Gasteiger partial charge is 0.325 e. The highest BCUT2D eigenvalue weighted by molar-refractivity contribution is 7.99. The van der Waals surface area contributed by atoms with Crippen LogP contribution in [0.1, 0.15) is 0 Å². The standard InChI is InChI=1S/C12H9ClN4O3S/c13-9-3-2-8(6-10(9)17(19)20)16-11(18)7-21-12-14-4-1-5-15-12/h1-6H,7H2,(H,16,18). The molecule has 0 aliphatic carbocycles. The minimum Gasteiger partial charge on any atom is -0.325 e. The van der Waals surface area contributed by atoms with Crippen molar-refractivity contribution in [3.05, 3.63) is 51.8 Å². The Balaban J connectivity index is 1.97. The third-order valence-corrected chi connectivity index (χ3v) is 3.50. The molecular weight excluding hydrogens is 316 g/mol. The van der Waals surface area contributed by atoms with Gasteiger partial charge in [-0.1, -0.05) is 23.4 Å². The third-order valence-electron chi connectivity index (χ3n) is 2.30. The number of rotatable bonds is 5. The molecule has 0 bridgehead atoms. The van der Waals surface area contributed by atoms with Crippen LogP contribution in [-0.4, -0.2) is 26.6 Å². The van der Waals surface area contributed by atoms with Gasteiger partial charge in [0.25, 0.3) is 5.69 Å². The van der Waals surface area contributed by atoms with Gasteiger partial charge in [0.2, 0.25) is 5.91 Å². The van der Waals surface area contributed by atoms with Crippen molar-refractivity contribution in [1.82, 2.24) is 9.97 Å². The second kappa shape index (κ2) is 7.00. The fourth-order valence-electron chi connectivity index (χ4n) is 1.42. The first-order valence-electron chi connectivity index (χ1n) is 5.70. The number of halogens is 1. The van der Waals surface area contributed by atoms with E-state index in [1.54, 1.807) is 18.5 Å². The maximum absolute atomic E-state index is 11.8. The quantitative estimate of drug-likeness (QED) is 0.393. The van der Waals surface area contributed by atoms with Crippen molar-refractivity contribution in [3.8, 4) is 0 Å². The van der Waals surface area contributed by atoms with Crippen LogP contribution in [0.4, 0.5) is 11.4 Å². The average molecular weight is 325 g/mol. The molecule has 2 aromatic rings. The van der Waals surface area contributed by atoms with Crippen LogP contribution in [0.2, 0.25) is 5.02 Å². The molecule has 21 heavy (non-hydrogen) atoms. The van der Waals surface area contributed by atoms with Gasteiger partial charge in [-0.05, 0) is 18.2 Å². The summed E-state index contributed by atoms with van der Waals surface area (Å²) in [6, 6.07) is 5.75. The highest BCUT2D eigenvalue weighted by atomic mass is 35.5. The number of nitrogens with zero attached hydrogens (tertiary/aromatic N) is 3. The summed E-state index contributed by atoms with van der Waals surface area (Å²) in [7, 11) is 0. The first kappa shape index (κ1) is 15.2. The minimum atomic E-state index is -0.607. The molecule has 0 unspecified atom stereocenters. The maximum Gasteiger partial charge on any atom is 0.289 e. The molecule has 0 fully saturated rings. The lowest BCUT2D eigenvalue weighted by Gasteiger charge is -2.05. The summed E-state index contributed by atoms with van der Waals surface area (Å²) in [6.07, 6.45) is 3.16. The first-order valence-corrected chi connectivity index (χ1v) is 7.06. The number of nitrogens with one attached hydrogen (secondary N) is 1. The number of aromatic nitrogens is 2. The molecule has 0 atom stereocenters. The molecule has 0 radical (unpaired) electrons. The lowest BCUT2D eigenvalue weighted by atomic mass is 10.3. The maximum atomic E-state index is 11.8. The van der Waals surface area contributed by atoms with Gasteiger partial charge in [-0.15, -0.1) is 0 Å². The number of thioether (sulfide) groups is 1. The van der Waals surface area contributed by atoms with E-state index >= 15 is 0 Å². The molecule has 1 N–H and O–H groups in total. The van der Waals surface area contributed by atoms with E-state index in [0.717, 1.165) is 0 Å². The van der Waals surface area contributed by atoms with Crippen molar-refractivity contribution in [2.24, 2.45) is 0 Å². The van der Waals surface area contributed by atoms with E-state index < -0.39 is 4.92 Å². The van der Waals surface area contributed by atoms with E-state index in [1.165, 1.54) is 30.0 Å². The first-order chi connectivity index (χ1) is 10.1. The number of anilines is 1. The van der Waals surface area contributed by atoms with Gasteiger partial charge in [0.05, 0.1) is 10.7 Å². The predicted molar refractivity (Wildman–Crippen MR) is 79.5 cm³/mol. The Labute approximate surface area is 128 Å². The lowest BCUT2D eigenvalue weighted by molar-refractivity contribution is -0.384. The monoisotopic (exact) mass is 324 g/mol. The van der Waals surface area contributed by atoms with E-state index in [-0.39, 0.29) is 22.4 Å². The molecule has 1 aromatic heterocycles. The second-order valence-electron chi connectivity index (χ2n) is 3.79. The number of nitro benzene ring substituents is 1. The fraction of sp³-hybridized carbons (Fsp3) is 0.0833. The number of carbonyl (C=O) groups is 1. The zero-order chi connectivity index (χ0) is 15.2. The van der Waals surface area contributed by atoms with Gasteiger partial charge >= 0.3 is 0 Å². The van der Waals surface area contributed by atoms with Gasteiger partial charge in [-0.25, -0.2) is 9.97 Å². The highest BCUT2D eigenvalue weighted by Gasteiger charge is 2.14. The van der Waals surface area contributed by atoms with Gasteiger partial charge in [0, 0.05) is 24.1 Å². The van der Waals surface area contributed by atoms with Crippen molar-refractivity contribution >= 4 is 40.6 Å². The molecule has 0 aliphatic heterocycles. The van der Waals surface area contributed by atoms with Crippen LogP contribution in [-0.2, 0) is 4.79 Å². The van der Waals surface area contributed by atoms with Crippen molar-refractivity contribution < 1.29 is 9.72 Å². The van der Waals surface area contributed by atoms with Crippen LogP contribution in [0.25, 0.3) is 0 Å². The molecule has 0 saturated carbocycles. The number of carbonyl (C=O) groups excluding carboxylic acids is 1. The Bertz CT molecular complexity index is 669. The molecule has 2 rings (SSSR count). The van der Waals surface area contributed by atoms with E-state index in [4.69, 9.17) is 11.6 Å². The fourth-order valence-corrected chi connectivity index (χ4v) is 2.21. The molecule has 9 heteroatoms. The number of benzene rings is 1. The Hall–Kier alpha value is -2.19. The Morgan fingerprint density at radius 1 is 1.38 bits per heavy atom. The molecule has 7 nitrogen and oxygen atoms in total. The van der Waals surface area contributed by atoms with Crippen molar-refractivity contribution in [2.45, 2.75) is 5.16 Å². The molecule has 0 spiro atoms. The number of hydrogen-bond acceptors (Lipinski definition) is 6. The van der Waals surface area contributed by atoms with Gasteiger partial charge in [0.15, 0.2) is 5.16 Å². The van der Waals surface area contributed by atoms with Crippen LogP contribution in [0.5, 0.6) is 0 Å². The van der Waals surface area contributed by atoms with Crippen LogP contribution in [0.3, 0.4) is 0 Å². The van der Waals surface area contributed by atoms with E-state index in [2.05, 4.69) is 15.3 Å². The van der Waals surface area contributed by atoms with Gasteiger partial charge < -0.3 is 5.32 Å². The smallest absolute Gasteiger partial charge is 0.289 e. The minimum absolute atomic E-state index is 0.0186. The summed E-state index contributed by atoms with van der Waals surface area (Å²) in [6.45, 7) is 0. The van der Waals surface area contributed by atoms with E-state index in [1.807, 2.05) is 0 Å². The predicted octanol–water partition coefficient (Wildman–Crippen LogP) is 2.77. The summed E-state index contributed by atoms with van der Waals surface area (Å²) in [5, 5.41) is 13.8. The van der Waals surface area contributed by atoms with Gasteiger partial charge in [-0.2, -0.15) is 0 Å². The molecule has 1 aromatic carbocycles. The molecule has 1 heterocycles. The van der Waals surface area contributed by atoms with Crippen molar-refractivity contribution in [1.29, 1.82) is 0 Å². The normalized spacial score (nSPS) is 10.1. The Kier molecular flexibility index (Phi) is 5.07. The molecule has 1 amide bonds. The van der Waals surface area contributed by atoms with E-state index in [0.29, 0.717) is 10.8 Å². The topological polar surface area (TPSA) is 98.0 Å². The molecule has 0 aliphatic rings. The molecule has 108 valence electrons. The number of amides is 1. The molecular formula is C12H9ClN4O3S. The number of nitro groups is 1. The van der Waals surface area contributed by atoms with Crippen LogP contribution >= 0.6 is 23.4 Å². The highest BCUT2D eigenvalue weighted by Crippen LogP contribution is 2.27. The van der Waals surface area contributed by atoms with Crippen LogP contribution in [0, 0.1) is 10.1 Å². The Morgan fingerprint density at radius 2 is 2.10 bits per heavy atom. The Morgan fingerprint density at radius 3 is 2.76 bits per heavy atom. The third kappa shape index (κ3) is 4.40. The molecule has 0 saturated heterocycles. The average Bonchev–Trinajstić information content (AvgIpc) is 2.48. The number of hydrogen-bond donors (Lipinski definition) is 1. The van der Waals surface area contributed by atoms with Crippen molar-refractivity contribution in [2.75, 3.05) is 11.1 Å². The zero-order valence-corrected chi connectivity index (χ0v) is 12.1. The van der Waals surface area contributed by atoms with Crippen molar-refractivity contribution in [3.63, 3.8) is 0 Å². The van der Waals surface area contributed by atoms with E-state index in [9.17, 15) is 14.9 Å². The lowest BCUT2D eigenvalue weighted by Crippen LogP contribution is -2.14. The SMILES string of the molecule is O=C(CSc1ncccn1)Nc1ccc(Cl)c([N+](=O)[O-])c1.